The highest BCUT2D eigenvalue weighted by molar-refractivity contribution is 9.10. The van der Waals surface area contributed by atoms with Gasteiger partial charge in [0, 0.05) is 20.8 Å². The van der Waals surface area contributed by atoms with Crippen molar-refractivity contribution in [2.45, 2.75) is 25.8 Å². The molecule has 0 aliphatic carbocycles. The molecule has 0 bridgehead atoms. The summed E-state index contributed by atoms with van der Waals surface area (Å²) in [7, 11) is 0. The highest BCUT2D eigenvalue weighted by atomic mass is 79.9. The lowest BCUT2D eigenvalue weighted by Gasteiger charge is -2.16. The summed E-state index contributed by atoms with van der Waals surface area (Å²) in [6.07, 6.45) is 2.26. The largest absolute Gasteiger partial charge is 0.310 e. The molecule has 0 aliphatic rings. The van der Waals surface area contributed by atoms with Gasteiger partial charge in [-0.2, -0.15) is 0 Å². The van der Waals surface area contributed by atoms with E-state index in [0.717, 1.165) is 19.4 Å². The summed E-state index contributed by atoms with van der Waals surface area (Å²) in [5.74, 6) is 0. The maximum atomic E-state index is 3.57. The van der Waals surface area contributed by atoms with Crippen LogP contribution in [-0.4, -0.2) is 6.54 Å². The molecule has 96 valence electrons. The zero-order chi connectivity index (χ0) is 12.8. The number of thiophene rings is 1. The summed E-state index contributed by atoms with van der Waals surface area (Å²) in [5.41, 5.74) is 1.41. The number of benzene rings is 1. The Kier molecular flexibility index (Phi) is 5.42. The van der Waals surface area contributed by atoms with Gasteiger partial charge >= 0.3 is 0 Å². The molecule has 0 saturated carbocycles. The van der Waals surface area contributed by atoms with E-state index in [-0.39, 0.29) is 0 Å². The van der Waals surface area contributed by atoms with Crippen molar-refractivity contribution in [3.05, 3.63) is 56.7 Å². The second kappa shape index (κ2) is 7.07. The first-order chi connectivity index (χ1) is 8.79. The van der Waals surface area contributed by atoms with Gasteiger partial charge in [-0.15, -0.1) is 11.3 Å². The highest BCUT2D eigenvalue weighted by Gasteiger charge is 2.12. The zero-order valence-electron chi connectivity index (χ0n) is 10.5. The second-order valence-corrected chi connectivity index (χ2v) is 6.16. The van der Waals surface area contributed by atoms with Gasteiger partial charge in [-0.25, -0.2) is 0 Å². The SMILES string of the molecule is CCNC(CCc1ccccc1)c1cc(Br)cs1. The molecule has 0 fully saturated rings. The van der Waals surface area contributed by atoms with Crippen LogP contribution in [0.1, 0.15) is 29.8 Å². The van der Waals surface area contributed by atoms with E-state index in [2.05, 4.69) is 69.9 Å². The minimum absolute atomic E-state index is 0.464. The zero-order valence-corrected chi connectivity index (χ0v) is 12.9. The average Bonchev–Trinajstić information content (AvgIpc) is 2.82. The van der Waals surface area contributed by atoms with E-state index in [1.165, 1.54) is 14.9 Å². The molecule has 3 heteroatoms. The number of halogens is 1. The maximum Gasteiger partial charge on any atom is 0.0418 e. The Balaban J connectivity index is 1.98. The molecule has 1 unspecified atom stereocenters. The molecule has 1 nitrogen and oxygen atoms in total. The fourth-order valence-electron chi connectivity index (χ4n) is 2.06. The number of hydrogen-bond acceptors (Lipinski definition) is 2. The fraction of sp³-hybridized carbons (Fsp3) is 0.333. The molecular formula is C15H18BrNS. The fourth-order valence-corrected chi connectivity index (χ4v) is 3.61. The molecular weight excluding hydrogens is 306 g/mol. The van der Waals surface area contributed by atoms with Crippen molar-refractivity contribution >= 4 is 27.3 Å². The molecule has 1 heterocycles. The molecule has 1 N–H and O–H groups in total. The first-order valence-electron chi connectivity index (χ1n) is 6.31. The molecule has 2 aromatic rings. The van der Waals surface area contributed by atoms with Crippen molar-refractivity contribution in [3.63, 3.8) is 0 Å². The third-order valence-corrected chi connectivity index (χ3v) is 4.75. The number of aryl methyl sites for hydroxylation is 1. The highest BCUT2D eigenvalue weighted by Crippen LogP contribution is 2.28. The second-order valence-electron chi connectivity index (χ2n) is 4.30. The van der Waals surface area contributed by atoms with E-state index >= 15 is 0 Å². The Hall–Kier alpha value is -0.640. The monoisotopic (exact) mass is 323 g/mol. The van der Waals surface area contributed by atoms with Crippen LogP contribution < -0.4 is 5.32 Å². The number of rotatable bonds is 6. The van der Waals surface area contributed by atoms with Gasteiger partial charge in [-0.1, -0.05) is 37.3 Å². The normalized spacial score (nSPS) is 12.6. The minimum atomic E-state index is 0.464. The van der Waals surface area contributed by atoms with Crippen molar-refractivity contribution < 1.29 is 0 Å². The van der Waals surface area contributed by atoms with Gasteiger partial charge < -0.3 is 5.32 Å². The Morgan fingerprint density at radius 2 is 2.06 bits per heavy atom. The molecule has 18 heavy (non-hydrogen) atoms. The standard InChI is InChI=1S/C15H18BrNS/c1-2-17-14(15-10-13(16)11-18-15)9-8-12-6-4-3-5-7-12/h3-7,10-11,14,17H,2,8-9H2,1H3. The maximum absolute atomic E-state index is 3.57. The summed E-state index contributed by atoms with van der Waals surface area (Å²) in [6, 6.07) is 13.4. The molecule has 1 aromatic heterocycles. The van der Waals surface area contributed by atoms with Gasteiger partial charge in [0.2, 0.25) is 0 Å². The Labute approximate surface area is 121 Å². The van der Waals surface area contributed by atoms with E-state index in [4.69, 9.17) is 0 Å². The first kappa shape index (κ1) is 13.8. The van der Waals surface area contributed by atoms with Crippen LogP contribution in [0.15, 0.2) is 46.3 Å². The quantitative estimate of drug-likeness (QED) is 0.805. The summed E-state index contributed by atoms with van der Waals surface area (Å²) in [6.45, 7) is 3.17. The van der Waals surface area contributed by atoms with Crippen LogP contribution in [0.2, 0.25) is 0 Å². The summed E-state index contributed by atoms with van der Waals surface area (Å²) < 4.78 is 1.19. The smallest absolute Gasteiger partial charge is 0.0418 e. The van der Waals surface area contributed by atoms with Crippen molar-refractivity contribution in [1.29, 1.82) is 0 Å². The number of nitrogens with one attached hydrogen (secondary N) is 1. The summed E-state index contributed by atoms with van der Waals surface area (Å²) in [4.78, 5) is 1.42. The van der Waals surface area contributed by atoms with Gasteiger partial charge in [-0.3, -0.25) is 0 Å². The predicted molar refractivity (Wildman–Crippen MR) is 83.2 cm³/mol. The van der Waals surface area contributed by atoms with Crippen LogP contribution in [0.25, 0.3) is 0 Å². The lowest BCUT2D eigenvalue weighted by molar-refractivity contribution is 0.523. The lowest BCUT2D eigenvalue weighted by atomic mass is 10.0. The van der Waals surface area contributed by atoms with Crippen LogP contribution in [0.5, 0.6) is 0 Å². The van der Waals surface area contributed by atoms with Crippen LogP contribution in [0, 0.1) is 0 Å². The van der Waals surface area contributed by atoms with Gasteiger partial charge in [0.15, 0.2) is 0 Å². The van der Waals surface area contributed by atoms with Crippen LogP contribution >= 0.6 is 27.3 Å². The van der Waals surface area contributed by atoms with E-state index in [9.17, 15) is 0 Å². The third kappa shape index (κ3) is 3.94. The van der Waals surface area contributed by atoms with E-state index in [0.29, 0.717) is 6.04 Å². The molecule has 0 aliphatic heterocycles. The Bertz CT molecular complexity index is 466. The molecule has 1 aromatic carbocycles. The molecule has 1 atom stereocenters. The Morgan fingerprint density at radius 3 is 2.67 bits per heavy atom. The van der Waals surface area contributed by atoms with Gasteiger partial charge in [0.1, 0.15) is 0 Å². The molecule has 0 radical (unpaired) electrons. The third-order valence-electron chi connectivity index (χ3n) is 2.95. The van der Waals surface area contributed by atoms with Crippen LogP contribution in [0.3, 0.4) is 0 Å². The molecule has 0 saturated heterocycles. The number of hydrogen-bond donors (Lipinski definition) is 1. The van der Waals surface area contributed by atoms with Crippen LogP contribution in [-0.2, 0) is 6.42 Å². The molecule has 0 amide bonds. The average molecular weight is 324 g/mol. The minimum Gasteiger partial charge on any atom is -0.310 e. The van der Waals surface area contributed by atoms with Crippen molar-refractivity contribution in [2.24, 2.45) is 0 Å². The summed E-state index contributed by atoms with van der Waals surface area (Å²) in [5, 5.41) is 5.73. The lowest BCUT2D eigenvalue weighted by Crippen LogP contribution is -2.20. The van der Waals surface area contributed by atoms with Crippen LogP contribution in [0.4, 0.5) is 0 Å². The molecule has 0 spiro atoms. The van der Waals surface area contributed by atoms with E-state index in [1.54, 1.807) is 0 Å². The van der Waals surface area contributed by atoms with Gasteiger partial charge in [0.25, 0.3) is 0 Å². The molecule has 2 rings (SSSR count). The predicted octanol–water partition coefficient (Wildman–Crippen LogP) is 4.79. The van der Waals surface area contributed by atoms with Gasteiger partial charge in [0.05, 0.1) is 0 Å². The van der Waals surface area contributed by atoms with Crippen molar-refractivity contribution in [1.82, 2.24) is 5.32 Å². The summed E-state index contributed by atoms with van der Waals surface area (Å²) >= 11 is 5.35. The van der Waals surface area contributed by atoms with E-state index in [1.807, 2.05) is 11.3 Å². The Morgan fingerprint density at radius 1 is 1.28 bits per heavy atom. The van der Waals surface area contributed by atoms with E-state index < -0.39 is 0 Å². The topological polar surface area (TPSA) is 12.0 Å². The first-order valence-corrected chi connectivity index (χ1v) is 7.98. The van der Waals surface area contributed by atoms with Gasteiger partial charge in [-0.05, 0) is 46.9 Å². The van der Waals surface area contributed by atoms with Crippen molar-refractivity contribution in [2.75, 3.05) is 6.54 Å². The van der Waals surface area contributed by atoms with Crippen molar-refractivity contribution in [3.8, 4) is 0 Å².